The lowest BCUT2D eigenvalue weighted by molar-refractivity contribution is -0.114. The van der Waals surface area contributed by atoms with Crippen molar-refractivity contribution >= 4 is 48.3 Å². The fourth-order valence-electron chi connectivity index (χ4n) is 2.13. The van der Waals surface area contributed by atoms with Gasteiger partial charge in [-0.3, -0.25) is 4.79 Å². The van der Waals surface area contributed by atoms with Crippen LogP contribution in [0.2, 0.25) is 0 Å². The first kappa shape index (κ1) is 16.8. The van der Waals surface area contributed by atoms with Gasteiger partial charge in [0, 0.05) is 18.3 Å². The maximum atomic E-state index is 12.1. The predicted octanol–water partition coefficient (Wildman–Crippen LogP) is 1.73. The summed E-state index contributed by atoms with van der Waals surface area (Å²) in [6.45, 7) is 1.74. The van der Waals surface area contributed by atoms with Gasteiger partial charge in [0.1, 0.15) is 0 Å². The summed E-state index contributed by atoms with van der Waals surface area (Å²) in [4.78, 5) is 11.4. The van der Waals surface area contributed by atoms with Crippen LogP contribution in [0.4, 0.5) is 5.13 Å². The lowest BCUT2D eigenvalue weighted by Crippen LogP contribution is -2.31. The van der Waals surface area contributed by atoms with Crippen LogP contribution < -0.4 is 10.0 Å². The average molecular weight is 397 g/mol. The van der Waals surface area contributed by atoms with Crippen molar-refractivity contribution in [2.75, 3.05) is 11.9 Å². The molecule has 1 aromatic heterocycles. The number of sulfonamides is 1. The molecule has 7 nitrogen and oxygen atoms in total. The number of amides is 1. The van der Waals surface area contributed by atoms with E-state index in [-0.39, 0.29) is 15.4 Å². The first-order valence-electron chi connectivity index (χ1n) is 6.61. The lowest BCUT2D eigenvalue weighted by Gasteiger charge is -2.24. The molecule has 2 N–H and O–H groups in total. The third-order valence-electron chi connectivity index (χ3n) is 3.26. The van der Waals surface area contributed by atoms with Crippen molar-refractivity contribution in [3.05, 3.63) is 0 Å². The number of alkyl halides is 1. The van der Waals surface area contributed by atoms with Crippen LogP contribution >= 0.6 is 27.3 Å². The molecule has 0 bridgehead atoms. The van der Waals surface area contributed by atoms with Crippen LogP contribution in [-0.2, 0) is 14.8 Å². The third-order valence-corrected chi connectivity index (χ3v) is 6.80. The summed E-state index contributed by atoms with van der Waals surface area (Å²) in [6.07, 6.45) is 4.15. The number of nitrogens with zero attached hydrogens (tertiary/aromatic N) is 2. The van der Waals surface area contributed by atoms with Gasteiger partial charge in [0.15, 0.2) is 0 Å². The summed E-state index contributed by atoms with van der Waals surface area (Å²) in [5.41, 5.74) is 0. The van der Waals surface area contributed by atoms with E-state index in [1.54, 1.807) is 0 Å². The number of halogens is 1. The maximum absolute atomic E-state index is 12.1. The summed E-state index contributed by atoms with van der Waals surface area (Å²) in [6, 6.07) is 0. The zero-order valence-corrected chi connectivity index (χ0v) is 14.7. The second-order valence-corrected chi connectivity index (χ2v) is 9.24. The van der Waals surface area contributed by atoms with Crippen molar-refractivity contribution in [3.8, 4) is 0 Å². The maximum Gasteiger partial charge on any atom is 0.269 e. The van der Waals surface area contributed by atoms with E-state index < -0.39 is 10.0 Å². The molecule has 0 aliphatic heterocycles. The molecule has 0 radical (unpaired) electrons. The molecule has 1 aliphatic rings. The molecule has 0 atom stereocenters. The molecule has 0 unspecified atom stereocenters. The molecule has 0 spiro atoms. The fourth-order valence-corrected chi connectivity index (χ4v) is 4.77. The van der Waals surface area contributed by atoms with Gasteiger partial charge in [0.05, 0.1) is 0 Å². The predicted molar refractivity (Wildman–Crippen MR) is 84.1 cm³/mol. The molecule has 10 heteroatoms. The monoisotopic (exact) mass is 396 g/mol. The van der Waals surface area contributed by atoms with E-state index in [1.165, 1.54) is 6.92 Å². The first-order valence-corrected chi connectivity index (χ1v) is 9.83. The molecule has 1 aromatic rings. The minimum Gasteiger partial charge on any atom is -0.301 e. The van der Waals surface area contributed by atoms with Crippen molar-refractivity contribution in [2.45, 2.75) is 41.8 Å². The van der Waals surface area contributed by atoms with Crippen LogP contribution in [0.15, 0.2) is 4.34 Å². The van der Waals surface area contributed by atoms with Crippen LogP contribution in [0.3, 0.4) is 0 Å². The number of aromatic nitrogens is 2. The van der Waals surface area contributed by atoms with Gasteiger partial charge in [-0.05, 0) is 31.6 Å². The van der Waals surface area contributed by atoms with Crippen molar-refractivity contribution in [1.29, 1.82) is 0 Å². The molecule has 1 amide bonds. The Hall–Kier alpha value is -0.580. The second-order valence-electron chi connectivity index (χ2n) is 5.02. The summed E-state index contributed by atoms with van der Waals surface area (Å²) in [5, 5.41) is 9.85. The van der Waals surface area contributed by atoms with E-state index in [2.05, 4.69) is 36.2 Å². The Morgan fingerprint density at radius 2 is 2.00 bits per heavy atom. The highest BCUT2D eigenvalue weighted by Crippen LogP contribution is 2.28. The average Bonchev–Trinajstić information content (AvgIpc) is 2.86. The summed E-state index contributed by atoms with van der Waals surface area (Å²) >= 11 is 4.42. The Balaban J connectivity index is 1.92. The zero-order chi connectivity index (χ0) is 15.5. The molecule has 1 heterocycles. The second kappa shape index (κ2) is 7.12. The quantitative estimate of drug-likeness (QED) is 0.582. The first-order chi connectivity index (χ1) is 9.87. The van der Waals surface area contributed by atoms with Crippen molar-refractivity contribution in [1.82, 2.24) is 14.9 Å². The van der Waals surface area contributed by atoms with E-state index in [9.17, 15) is 13.2 Å². The number of nitrogens with one attached hydrogen (secondary N) is 2. The van der Waals surface area contributed by atoms with Gasteiger partial charge >= 0.3 is 0 Å². The van der Waals surface area contributed by atoms with Crippen LogP contribution in [0.25, 0.3) is 0 Å². The van der Waals surface area contributed by atoms with E-state index in [4.69, 9.17) is 0 Å². The normalized spacial score (nSPS) is 23.0. The van der Waals surface area contributed by atoms with Crippen LogP contribution in [-0.4, -0.2) is 35.9 Å². The van der Waals surface area contributed by atoms with Gasteiger partial charge in [-0.15, -0.1) is 10.2 Å². The molecule has 21 heavy (non-hydrogen) atoms. The molecule has 1 saturated carbocycles. The number of hydrogen-bond donors (Lipinski definition) is 2. The number of carbonyl (C=O) groups is 1. The fraction of sp³-hybridized carbons (Fsp3) is 0.727. The largest absolute Gasteiger partial charge is 0.301 e. The lowest BCUT2D eigenvalue weighted by atomic mass is 9.89. The molecule has 1 fully saturated rings. The number of carbonyl (C=O) groups excluding carboxylic acids is 1. The van der Waals surface area contributed by atoms with Crippen molar-refractivity contribution in [3.63, 3.8) is 0 Å². The molecule has 118 valence electrons. The Bertz CT molecular complexity index is 596. The Kier molecular flexibility index (Phi) is 5.69. The summed E-state index contributed by atoms with van der Waals surface area (Å²) in [5.74, 6) is 0.0471. The number of hydrogen-bond acceptors (Lipinski definition) is 6. The van der Waals surface area contributed by atoms with E-state index in [0.29, 0.717) is 17.3 Å². The highest BCUT2D eigenvalue weighted by atomic mass is 79.9. The minimum atomic E-state index is -3.66. The molecular weight excluding hydrogens is 380 g/mol. The van der Waals surface area contributed by atoms with E-state index in [0.717, 1.165) is 37.0 Å². The zero-order valence-electron chi connectivity index (χ0n) is 11.5. The van der Waals surface area contributed by atoms with Gasteiger partial charge in [-0.25, -0.2) is 13.1 Å². The summed E-state index contributed by atoms with van der Waals surface area (Å²) < 4.78 is 26.7. The standard InChI is InChI=1S/C11H17BrN4O3S2/c1-7(17)14-10-15-16-11(20-10)21(18,19)13-6-8-2-4-9(12)5-3-8/h8-9,13H,2-6H2,1H3,(H,14,15,17). The highest BCUT2D eigenvalue weighted by Gasteiger charge is 2.24. The van der Waals surface area contributed by atoms with Gasteiger partial charge in [0.2, 0.25) is 15.4 Å². The van der Waals surface area contributed by atoms with Gasteiger partial charge < -0.3 is 5.32 Å². The van der Waals surface area contributed by atoms with Gasteiger partial charge in [-0.2, -0.15) is 0 Å². The van der Waals surface area contributed by atoms with E-state index in [1.807, 2.05) is 0 Å². The van der Waals surface area contributed by atoms with Gasteiger partial charge in [-0.1, -0.05) is 27.3 Å². The highest BCUT2D eigenvalue weighted by molar-refractivity contribution is 9.09. The summed E-state index contributed by atoms with van der Waals surface area (Å²) in [7, 11) is -3.66. The Morgan fingerprint density at radius 3 is 2.62 bits per heavy atom. The van der Waals surface area contributed by atoms with Crippen LogP contribution in [0, 0.1) is 5.92 Å². The van der Waals surface area contributed by atoms with Crippen molar-refractivity contribution in [2.24, 2.45) is 5.92 Å². The molecule has 1 aliphatic carbocycles. The van der Waals surface area contributed by atoms with Gasteiger partial charge in [0.25, 0.3) is 10.0 Å². The Morgan fingerprint density at radius 1 is 1.33 bits per heavy atom. The van der Waals surface area contributed by atoms with Crippen molar-refractivity contribution < 1.29 is 13.2 Å². The van der Waals surface area contributed by atoms with Crippen LogP contribution in [0.1, 0.15) is 32.6 Å². The molecule has 0 aromatic carbocycles. The molecule has 2 rings (SSSR count). The minimum absolute atomic E-state index is 0.125. The third kappa shape index (κ3) is 4.97. The molecule has 0 saturated heterocycles. The molecular formula is C11H17BrN4O3S2. The Labute approximate surface area is 136 Å². The van der Waals surface area contributed by atoms with E-state index >= 15 is 0 Å². The van der Waals surface area contributed by atoms with Crippen LogP contribution in [0.5, 0.6) is 0 Å². The smallest absolute Gasteiger partial charge is 0.269 e. The topological polar surface area (TPSA) is 101 Å². The SMILES string of the molecule is CC(=O)Nc1nnc(S(=O)(=O)NCC2CCC(Br)CC2)s1. The number of rotatable bonds is 5. The number of anilines is 1.